The van der Waals surface area contributed by atoms with Crippen LogP contribution in [0, 0.1) is 0 Å². The molecule has 74 valence electrons. The first-order chi connectivity index (χ1) is 6.66. The zero-order valence-electron chi connectivity index (χ0n) is 8.16. The molecule has 0 unspecified atom stereocenters. The number of fused-ring (bicyclic) bond motifs is 1. The van der Waals surface area contributed by atoms with Crippen molar-refractivity contribution in [1.82, 2.24) is 9.88 Å². The molecule has 0 fully saturated rings. The van der Waals surface area contributed by atoms with E-state index in [1.807, 2.05) is 11.0 Å². The highest BCUT2D eigenvalue weighted by Crippen LogP contribution is 2.18. The zero-order valence-corrected chi connectivity index (χ0v) is 8.16. The summed E-state index contributed by atoms with van der Waals surface area (Å²) in [5, 5.41) is 0. The van der Waals surface area contributed by atoms with Gasteiger partial charge in [-0.3, -0.25) is 9.78 Å². The standard InChI is InChI=1S/C10H13N3O/c1-7(14)13-3-2-10-8(6-13)4-9(11)5-12-10/h4-5H,2-3,6,11H2,1H3. The number of hydrogen-bond acceptors (Lipinski definition) is 3. The molecule has 0 aromatic carbocycles. The fourth-order valence-corrected chi connectivity index (χ4v) is 1.71. The maximum Gasteiger partial charge on any atom is 0.219 e. The molecule has 1 aliphatic rings. The van der Waals surface area contributed by atoms with Crippen LogP contribution >= 0.6 is 0 Å². The number of amides is 1. The Morgan fingerprint density at radius 2 is 2.43 bits per heavy atom. The molecular weight excluding hydrogens is 178 g/mol. The molecule has 1 aromatic rings. The predicted molar refractivity (Wildman–Crippen MR) is 53.4 cm³/mol. The molecule has 0 bridgehead atoms. The van der Waals surface area contributed by atoms with Gasteiger partial charge >= 0.3 is 0 Å². The summed E-state index contributed by atoms with van der Waals surface area (Å²) in [4.78, 5) is 17.2. The first-order valence-electron chi connectivity index (χ1n) is 4.65. The van der Waals surface area contributed by atoms with Crippen LogP contribution in [0.5, 0.6) is 0 Å². The zero-order chi connectivity index (χ0) is 10.1. The van der Waals surface area contributed by atoms with Crippen LogP contribution in [0.15, 0.2) is 12.3 Å². The second-order valence-electron chi connectivity index (χ2n) is 3.57. The third kappa shape index (κ3) is 1.55. The highest BCUT2D eigenvalue weighted by Gasteiger charge is 2.18. The summed E-state index contributed by atoms with van der Waals surface area (Å²) in [5.74, 6) is 0.109. The van der Waals surface area contributed by atoms with E-state index in [1.54, 1.807) is 13.1 Å². The number of nitrogen functional groups attached to an aromatic ring is 1. The van der Waals surface area contributed by atoms with Crippen molar-refractivity contribution in [2.75, 3.05) is 12.3 Å². The van der Waals surface area contributed by atoms with Gasteiger partial charge in [0, 0.05) is 32.1 Å². The quantitative estimate of drug-likeness (QED) is 0.652. The molecule has 0 radical (unpaired) electrons. The maximum atomic E-state index is 11.2. The first-order valence-corrected chi connectivity index (χ1v) is 4.65. The second kappa shape index (κ2) is 3.29. The number of carbonyl (C=O) groups excluding carboxylic acids is 1. The number of nitrogens with zero attached hydrogens (tertiary/aromatic N) is 2. The molecule has 0 saturated heterocycles. The van der Waals surface area contributed by atoms with Crippen molar-refractivity contribution in [2.24, 2.45) is 0 Å². The van der Waals surface area contributed by atoms with Gasteiger partial charge in [-0.05, 0) is 11.6 Å². The Morgan fingerprint density at radius 1 is 1.64 bits per heavy atom. The van der Waals surface area contributed by atoms with Gasteiger partial charge in [-0.15, -0.1) is 0 Å². The number of nitrogens with two attached hydrogens (primary N) is 1. The van der Waals surface area contributed by atoms with Gasteiger partial charge in [0.15, 0.2) is 0 Å². The van der Waals surface area contributed by atoms with Crippen molar-refractivity contribution >= 4 is 11.6 Å². The van der Waals surface area contributed by atoms with E-state index >= 15 is 0 Å². The maximum absolute atomic E-state index is 11.2. The molecule has 0 aliphatic carbocycles. The van der Waals surface area contributed by atoms with Gasteiger partial charge < -0.3 is 10.6 Å². The molecule has 1 aliphatic heterocycles. The molecule has 0 spiro atoms. The number of anilines is 1. The Labute approximate surface area is 82.7 Å². The smallest absolute Gasteiger partial charge is 0.219 e. The fourth-order valence-electron chi connectivity index (χ4n) is 1.71. The number of aromatic nitrogens is 1. The summed E-state index contributed by atoms with van der Waals surface area (Å²) in [7, 11) is 0. The topological polar surface area (TPSA) is 59.2 Å². The Balaban J connectivity index is 2.29. The summed E-state index contributed by atoms with van der Waals surface area (Å²) < 4.78 is 0. The van der Waals surface area contributed by atoms with Crippen molar-refractivity contribution in [3.05, 3.63) is 23.5 Å². The van der Waals surface area contributed by atoms with E-state index in [9.17, 15) is 4.79 Å². The highest BCUT2D eigenvalue weighted by atomic mass is 16.2. The van der Waals surface area contributed by atoms with Gasteiger partial charge in [0.25, 0.3) is 0 Å². The second-order valence-corrected chi connectivity index (χ2v) is 3.57. The lowest BCUT2D eigenvalue weighted by atomic mass is 10.1. The molecule has 2 N–H and O–H groups in total. The lowest BCUT2D eigenvalue weighted by Gasteiger charge is -2.27. The largest absolute Gasteiger partial charge is 0.397 e. The van der Waals surface area contributed by atoms with Gasteiger partial charge in [-0.1, -0.05) is 0 Å². The Morgan fingerprint density at radius 3 is 3.14 bits per heavy atom. The molecule has 0 atom stereocenters. The van der Waals surface area contributed by atoms with Gasteiger partial charge in [-0.2, -0.15) is 0 Å². The first kappa shape index (κ1) is 8.99. The van der Waals surface area contributed by atoms with E-state index in [0.717, 1.165) is 24.2 Å². The Bertz CT molecular complexity index is 376. The molecular formula is C10H13N3O. The number of rotatable bonds is 0. The van der Waals surface area contributed by atoms with E-state index in [1.165, 1.54) is 0 Å². The van der Waals surface area contributed by atoms with E-state index in [4.69, 9.17) is 5.73 Å². The minimum atomic E-state index is 0.109. The highest BCUT2D eigenvalue weighted by molar-refractivity contribution is 5.73. The van der Waals surface area contributed by atoms with E-state index < -0.39 is 0 Å². The monoisotopic (exact) mass is 191 g/mol. The van der Waals surface area contributed by atoms with Gasteiger partial charge in [-0.25, -0.2) is 0 Å². The minimum Gasteiger partial charge on any atom is -0.397 e. The third-order valence-electron chi connectivity index (χ3n) is 2.51. The third-order valence-corrected chi connectivity index (χ3v) is 2.51. The molecule has 2 heterocycles. The average molecular weight is 191 g/mol. The van der Waals surface area contributed by atoms with Crippen LogP contribution in [0.3, 0.4) is 0 Å². The molecule has 0 saturated carbocycles. The normalized spacial score (nSPS) is 15.1. The molecule has 1 aromatic heterocycles. The summed E-state index contributed by atoms with van der Waals surface area (Å²) in [5.41, 5.74) is 8.44. The van der Waals surface area contributed by atoms with Crippen LogP contribution in [-0.2, 0) is 17.8 Å². The van der Waals surface area contributed by atoms with E-state index in [-0.39, 0.29) is 5.91 Å². The van der Waals surface area contributed by atoms with Crippen LogP contribution in [0.25, 0.3) is 0 Å². The van der Waals surface area contributed by atoms with Crippen LogP contribution in [-0.4, -0.2) is 22.3 Å². The van der Waals surface area contributed by atoms with Crippen molar-refractivity contribution < 1.29 is 4.79 Å². The molecule has 1 amide bonds. The van der Waals surface area contributed by atoms with Crippen molar-refractivity contribution in [1.29, 1.82) is 0 Å². The van der Waals surface area contributed by atoms with Crippen LogP contribution < -0.4 is 5.73 Å². The van der Waals surface area contributed by atoms with Crippen molar-refractivity contribution in [3.63, 3.8) is 0 Å². The summed E-state index contributed by atoms with van der Waals surface area (Å²) in [6.45, 7) is 2.99. The lowest BCUT2D eigenvalue weighted by molar-refractivity contribution is -0.129. The molecule has 4 heteroatoms. The van der Waals surface area contributed by atoms with Crippen molar-refractivity contribution in [2.45, 2.75) is 19.9 Å². The van der Waals surface area contributed by atoms with Crippen LogP contribution in [0.4, 0.5) is 5.69 Å². The molecule has 4 nitrogen and oxygen atoms in total. The van der Waals surface area contributed by atoms with Gasteiger partial charge in [0.2, 0.25) is 5.91 Å². The molecule has 14 heavy (non-hydrogen) atoms. The van der Waals surface area contributed by atoms with Crippen LogP contribution in [0.1, 0.15) is 18.2 Å². The SMILES string of the molecule is CC(=O)N1CCc2ncc(N)cc2C1. The number of hydrogen-bond donors (Lipinski definition) is 1. The summed E-state index contributed by atoms with van der Waals surface area (Å²) >= 11 is 0. The lowest BCUT2D eigenvalue weighted by Crippen LogP contribution is -2.34. The minimum absolute atomic E-state index is 0.109. The summed E-state index contributed by atoms with van der Waals surface area (Å²) in [6.07, 6.45) is 2.50. The fraction of sp³-hybridized carbons (Fsp3) is 0.400. The average Bonchev–Trinajstić information content (AvgIpc) is 2.16. The summed E-state index contributed by atoms with van der Waals surface area (Å²) in [6, 6.07) is 1.90. The Hall–Kier alpha value is -1.58. The van der Waals surface area contributed by atoms with Gasteiger partial charge in [0.05, 0.1) is 11.9 Å². The van der Waals surface area contributed by atoms with Gasteiger partial charge in [0.1, 0.15) is 0 Å². The molecule has 2 rings (SSSR count). The van der Waals surface area contributed by atoms with E-state index in [2.05, 4.69) is 4.98 Å². The Kier molecular flexibility index (Phi) is 2.11. The van der Waals surface area contributed by atoms with E-state index in [0.29, 0.717) is 12.2 Å². The number of carbonyl (C=O) groups is 1. The van der Waals surface area contributed by atoms with Crippen molar-refractivity contribution in [3.8, 4) is 0 Å². The predicted octanol–water partition coefficient (Wildman–Crippen LogP) is 0.568. The van der Waals surface area contributed by atoms with Crippen LogP contribution in [0.2, 0.25) is 0 Å². The number of pyridine rings is 1.